The van der Waals surface area contributed by atoms with Gasteiger partial charge >= 0.3 is 0 Å². The molecule has 5 rings (SSSR count). The minimum Gasteiger partial charge on any atom is -0.289 e. The summed E-state index contributed by atoms with van der Waals surface area (Å²) in [6.45, 7) is 5.74. The van der Waals surface area contributed by atoms with E-state index < -0.39 is 12.1 Å². The van der Waals surface area contributed by atoms with Gasteiger partial charge in [-0.3, -0.25) is 29.0 Å². The van der Waals surface area contributed by atoms with Crippen LogP contribution in [0.3, 0.4) is 0 Å². The summed E-state index contributed by atoms with van der Waals surface area (Å²) < 4.78 is 0. The van der Waals surface area contributed by atoms with Crippen molar-refractivity contribution < 1.29 is 19.2 Å². The first-order valence-corrected chi connectivity index (χ1v) is 12.7. The summed E-state index contributed by atoms with van der Waals surface area (Å²) in [6, 6.07) is 9.22. The van der Waals surface area contributed by atoms with Crippen LogP contribution in [0.5, 0.6) is 0 Å². The van der Waals surface area contributed by atoms with Gasteiger partial charge in [-0.1, -0.05) is 35.3 Å². The molecule has 2 aromatic rings. The Balaban J connectivity index is 1.26. The molecule has 0 aromatic heterocycles. The predicted octanol–water partition coefficient (Wildman–Crippen LogP) is 3.19. The van der Waals surface area contributed by atoms with Gasteiger partial charge in [0.25, 0.3) is 11.8 Å². The fourth-order valence-corrected chi connectivity index (χ4v) is 5.65. The van der Waals surface area contributed by atoms with Gasteiger partial charge in [0.1, 0.15) is 0 Å². The summed E-state index contributed by atoms with van der Waals surface area (Å²) in [4.78, 5) is 58.6. The number of anilines is 2. The molecule has 0 radical (unpaired) electrons. The summed E-state index contributed by atoms with van der Waals surface area (Å²) in [6.07, 6.45) is 0.209. The zero-order chi connectivity index (χ0) is 25.7. The number of imide groups is 2. The molecule has 3 aliphatic rings. The number of halogens is 2. The van der Waals surface area contributed by atoms with Crippen molar-refractivity contribution in [2.45, 2.75) is 38.8 Å². The first kappa shape index (κ1) is 24.9. The molecule has 2 aromatic carbocycles. The first-order chi connectivity index (χ1) is 17.2. The molecule has 0 bridgehead atoms. The van der Waals surface area contributed by atoms with Gasteiger partial charge in [0.05, 0.1) is 36.3 Å². The Labute approximate surface area is 219 Å². The lowest BCUT2D eigenvalue weighted by Gasteiger charge is -2.38. The number of benzene rings is 2. The van der Waals surface area contributed by atoms with Crippen LogP contribution in [0.2, 0.25) is 10.0 Å². The number of aryl methyl sites for hydroxylation is 2. The largest absolute Gasteiger partial charge is 0.289 e. The highest BCUT2D eigenvalue weighted by molar-refractivity contribution is 6.32. The number of hydrogen-bond donors (Lipinski definition) is 0. The maximum atomic E-state index is 13.3. The second kappa shape index (κ2) is 9.59. The molecule has 2 unspecified atom stereocenters. The lowest BCUT2D eigenvalue weighted by Crippen LogP contribution is -2.56. The molecule has 8 nitrogen and oxygen atoms in total. The third kappa shape index (κ3) is 4.32. The van der Waals surface area contributed by atoms with E-state index in [-0.39, 0.29) is 36.5 Å². The van der Waals surface area contributed by atoms with E-state index in [1.165, 1.54) is 9.80 Å². The summed E-state index contributed by atoms with van der Waals surface area (Å²) >= 11 is 12.2. The number of hydrogen-bond acceptors (Lipinski definition) is 6. The lowest BCUT2D eigenvalue weighted by atomic mass is 10.1. The van der Waals surface area contributed by atoms with Gasteiger partial charge in [0, 0.05) is 36.2 Å². The summed E-state index contributed by atoms with van der Waals surface area (Å²) in [5.74, 6) is -1.01. The van der Waals surface area contributed by atoms with E-state index in [1.807, 2.05) is 23.6 Å². The Morgan fingerprint density at radius 2 is 1.00 bits per heavy atom. The van der Waals surface area contributed by atoms with Crippen LogP contribution in [-0.2, 0) is 19.2 Å². The van der Waals surface area contributed by atoms with Crippen molar-refractivity contribution in [3.63, 3.8) is 0 Å². The Hall–Kier alpha value is -2.78. The normalized spacial score (nSPS) is 23.9. The first-order valence-electron chi connectivity index (χ1n) is 11.9. The second-order valence-corrected chi connectivity index (χ2v) is 10.4. The predicted molar refractivity (Wildman–Crippen MR) is 137 cm³/mol. The van der Waals surface area contributed by atoms with Crippen molar-refractivity contribution in [3.05, 3.63) is 57.6 Å². The molecule has 3 saturated heterocycles. The lowest BCUT2D eigenvalue weighted by molar-refractivity contribution is -0.126. The Bertz CT molecular complexity index is 1180. The smallest absolute Gasteiger partial charge is 0.251 e. The Morgan fingerprint density at radius 3 is 1.36 bits per heavy atom. The van der Waals surface area contributed by atoms with Gasteiger partial charge in [-0.25, -0.2) is 9.80 Å². The van der Waals surface area contributed by atoms with E-state index in [2.05, 4.69) is 0 Å². The van der Waals surface area contributed by atoms with Crippen LogP contribution in [0.4, 0.5) is 11.4 Å². The van der Waals surface area contributed by atoms with Crippen molar-refractivity contribution in [3.8, 4) is 0 Å². The van der Waals surface area contributed by atoms with E-state index in [0.717, 1.165) is 11.1 Å². The standard InChI is InChI=1S/C26H26Cl2N4O4/c1-15-3-5-17(27)11-19(15)31-23(33)13-21(25(31)35)29-7-9-30(10-8-29)22-14-24(34)32(26(22)36)20-12-18(28)6-4-16(20)2/h3-6,11-12,21-22H,7-10,13-14H2,1-2H3. The maximum Gasteiger partial charge on any atom is 0.251 e. The van der Waals surface area contributed by atoms with Crippen molar-refractivity contribution in [1.29, 1.82) is 0 Å². The molecule has 0 N–H and O–H groups in total. The SMILES string of the molecule is Cc1ccc(Cl)cc1N1C(=O)CC(N2CCN(C3CC(=O)N(c4cc(Cl)ccc4C)C3=O)CC2)C1=O. The van der Waals surface area contributed by atoms with Crippen LogP contribution in [0, 0.1) is 13.8 Å². The third-order valence-corrected chi connectivity index (χ3v) is 7.77. The number of piperazine rings is 1. The minimum atomic E-state index is -0.551. The molecule has 0 aliphatic carbocycles. The van der Waals surface area contributed by atoms with Crippen molar-refractivity contribution >= 4 is 58.2 Å². The van der Waals surface area contributed by atoms with Crippen LogP contribution in [0.25, 0.3) is 0 Å². The van der Waals surface area contributed by atoms with Crippen LogP contribution >= 0.6 is 23.2 Å². The van der Waals surface area contributed by atoms with Crippen LogP contribution < -0.4 is 9.80 Å². The van der Waals surface area contributed by atoms with Gasteiger partial charge in [0.2, 0.25) is 11.8 Å². The van der Waals surface area contributed by atoms with Crippen molar-refractivity contribution in [1.82, 2.24) is 9.80 Å². The fourth-order valence-electron chi connectivity index (χ4n) is 5.32. The third-order valence-electron chi connectivity index (χ3n) is 7.30. The van der Waals surface area contributed by atoms with Crippen molar-refractivity contribution in [2.75, 3.05) is 36.0 Å². The molecule has 0 saturated carbocycles. The quantitative estimate of drug-likeness (QED) is 0.567. The van der Waals surface area contributed by atoms with Crippen molar-refractivity contribution in [2.24, 2.45) is 0 Å². The van der Waals surface area contributed by atoms with Gasteiger partial charge in [-0.05, 0) is 49.2 Å². The van der Waals surface area contributed by atoms with Gasteiger partial charge in [-0.2, -0.15) is 0 Å². The maximum absolute atomic E-state index is 13.3. The molecular formula is C26H26Cl2N4O4. The van der Waals surface area contributed by atoms with Gasteiger partial charge in [-0.15, -0.1) is 0 Å². The fraction of sp³-hybridized carbons (Fsp3) is 0.385. The molecule has 188 valence electrons. The highest BCUT2D eigenvalue weighted by Crippen LogP contribution is 2.33. The molecule has 10 heteroatoms. The van der Waals surface area contributed by atoms with E-state index >= 15 is 0 Å². The minimum absolute atomic E-state index is 0.105. The van der Waals surface area contributed by atoms with Gasteiger partial charge in [0.15, 0.2) is 0 Å². The Morgan fingerprint density at radius 1 is 0.639 bits per heavy atom. The monoisotopic (exact) mass is 528 g/mol. The molecule has 4 amide bonds. The number of amides is 4. The number of carbonyl (C=O) groups excluding carboxylic acids is 4. The summed E-state index contributed by atoms with van der Waals surface area (Å²) in [7, 11) is 0. The Kier molecular flexibility index (Phi) is 6.63. The summed E-state index contributed by atoms with van der Waals surface area (Å²) in [5.41, 5.74) is 2.64. The molecule has 0 spiro atoms. The number of carbonyl (C=O) groups is 4. The molecular weight excluding hydrogens is 503 g/mol. The van der Waals surface area contributed by atoms with E-state index in [4.69, 9.17) is 23.2 Å². The van der Waals surface area contributed by atoms with E-state index in [1.54, 1.807) is 36.4 Å². The van der Waals surface area contributed by atoms with Crippen LogP contribution in [0.1, 0.15) is 24.0 Å². The molecule has 3 heterocycles. The average molecular weight is 529 g/mol. The molecule has 3 fully saturated rings. The van der Waals surface area contributed by atoms with Gasteiger partial charge < -0.3 is 0 Å². The zero-order valence-corrected chi connectivity index (χ0v) is 21.6. The van der Waals surface area contributed by atoms with E-state index in [9.17, 15) is 19.2 Å². The number of nitrogens with zero attached hydrogens (tertiary/aromatic N) is 4. The summed E-state index contributed by atoms with van der Waals surface area (Å²) in [5, 5.41) is 0.928. The second-order valence-electron chi connectivity index (χ2n) is 9.51. The van der Waals surface area contributed by atoms with Crippen LogP contribution in [0.15, 0.2) is 36.4 Å². The van der Waals surface area contributed by atoms with Crippen LogP contribution in [-0.4, -0.2) is 71.7 Å². The molecule has 3 aliphatic heterocycles. The number of rotatable bonds is 4. The van der Waals surface area contributed by atoms with E-state index in [0.29, 0.717) is 47.6 Å². The molecule has 36 heavy (non-hydrogen) atoms. The molecule has 2 atom stereocenters. The average Bonchev–Trinajstić information content (AvgIpc) is 3.31. The zero-order valence-electron chi connectivity index (χ0n) is 20.0. The highest BCUT2D eigenvalue weighted by Gasteiger charge is 2.47. The topological polar surface area (TPSA) is 81.2 Å². The highest BCUT2D eigenvalue weighted by atomic mass is 35.5.